The molecular formula is C12H12Cl3N3OS. The molecule has 0 unspecified atom stereocenters. The second-order valence-corrected chi connectivity index (χ2v) is 6.71. The Morgan fingerprint density at radius 1 is 1.35 bits per heavy atom. The van der Waals surface area contributed by atoms with Gasteiger partial charge in [-0.05, 0) is 38.2 Å². The summed E-state index contributed by atoms with van der Waals surface area (Å²) in [6.45, 7) is 4.37. The van der Waals surface area contributed by atoms with Gasteiger partial charge in [-0.3, -0.25) is 4.90 Å². The number of nitrogens with one attached hydrogen (secondary N) is 2. The molecule has 1 aromatic carbocycles. The van der Waals surface area contributed by atoms with Crippen molar-refractivity contribution in [3.63, 3.8) is 0 Å². The predicted octanol–water partition coefficient (Wildman–Crippen LogP) is 4.15. The number of halogens is 3. The van der Waals surface area contributed by atoms with Gasteiger partial charge in [-0.25, -0.2) is 4.79 Å². The van der Waals surface area contributed by atoms with Crippen molar-refractivity contribution < 1.29 is 4.79 Å². The average molecular weight is 353 g/mol. The number of carbonyl (C=O) groups is 1. The third-order valence-electron chi connectivity index (χ3n) is 2.73. The van der Waals surface area contributed by atoms with Gasteiger partial charge < -0.3 is 10.6 Å². The molecule has 0 atom stereocenters. The minimum Gasteiger partial charge on any atom is -0.355 e. The largest absolute Gasteiger partial charge is 0.355 e. The summed E-state index contributed by atoms with van der Waals surface area (Å²) >= 11 is 23.0. The van der Waals surface area contributed by atoms with Crippen LogP contribution in [0.2, 0.25) is 15.1 Å². The molecule has 2 N–H and O–H groups in total. The number of urea groups is 1. The minimum absolute atomic E-state index is 0.262. The Labute approximate surface area is 137 Å². The van der Waals surface area contributed by atoms with Gasteiger partial charge in [0.15, 0.2) is 5.11 Å². The van der Waals surface area contributed by atoms with Crippen LogP contribution in [0.15, 0.2) is 12.1 Å². The van der Waals surface area contributed by atoms with Crippen LogP contribution in [0.4, 0.5) is 10.5 Å². The molecule has 1 saturated heterocycles. The van der Waals surface area contributed by atoms with E-state index in [1.54, 1.807) is 0 Å². The number of hydrogen-bond donors (Lipinski definition) is 2. The highest BCUT2D eigenvalue weighted by molar-refractivity contribution is 7.80. The molecule has 0 saturated carbocycles. The van der Waals surface area contributed by atoms with Crippen molar-refractivity contribution >= 4 is 63.9 Å². The lowest BCUT2D eigenvalue weighted by molar-refractivity contribution is 0.233. The number of hydrogen-bond acceptors (Lipinski definition) is 2. The van der Waals surface area contributed by atoms with E-state index in [0.717, 1.165) is 0 Å². The Balaban J connectivity index is 2.19. The minimum atomic E-state index is -0.390. The molecule has 4 nitrogen and oxygen atoms in total. The van der Waals surface area contributed by atoms with Crippen molar-refractivity contribution in [2.75, 3.05) is 11.9 Å². The lowest BCUT2D eigenvalue weighted by Crippen LogP contribution is -2.37. The van der Waals surface area contributed by atoms with Crippen LogP contribution in [0.3, 0.4) is 0 Å². The molecule has 1 heterocycles. The van der Waals surface area contributed by atoms with Crippen LogP contribution >= 0.6 is 47.0 Å². The van der Waals surface area contributed by atoms with E-state index in [4.69, 9.17) is 47.0 Å². The van der Waals surface area contributed by atoms with E-state index in [1.807, 2.05) is 13.8 Å². The van der Waals surface area contributed by atoms with E-state index >= 15 is 0 Å². The molecule has 0 bridgehead atoms. The quantitative estimate of drug-likeness (QED) is 0.746. The Hall–Kier alpha value is -0.750. The second kappa shape index (κ2) is 5.56. The van der Waals surface area contributed by atoms with E-state index < -0.39 is 0 Å². The first kappa shape index (κ1) is 15.6. The summed E-state index contributed by atoms with van der Waals surface area (Å²) in [5, 5.41) is 7.02. The van der Waals surface area contributed by atoms with Crippen LogP contribution in [0, 0.1) is 0 Å². The molecular weight excluding hydrogens is 341 g/mol. The second-order valence-electron chi connectivity index (χ2n) is 5.07. The van der Waals surface area contributed by atoms with Gasteiger partial charge in [-0.1, -0.05) is 34.8 Å². The van der Waals surface area contributed by atoms with Crippen LogP contribution in [0.1, 0.15) is 13.8 Å². The van der Waals surface area contributed by atoms with Gasteiger partial charge in [-0.15, -0.1) is 0 Å². The fraction of sp³-hybridized carbons (Fsp3) is 0.333. The Morgan fingerprint density at radius 3 is 2.35 bits per heavy atom. The first-order chi connectivity index (χ1) is 9.19. The van der Waals surface area contributed by atoms with Gasteiger partial charge in [0.25, 0.3) is 0 Å². The monoisotopic (exact) mass is 351 g/mol. The molecule has 0 radical (unpaired) electrons. The van der Waals surface area contributed by atoms with Crippen molar-refractivity contribution in [1.29, 1.82) is 0 Å². The average Bonchev–Trinajstić information content (AvgIpc) is 2.57. The number of benzene rings is 1. The highest BCUT2D eigenvalue weighted by atomic mass is 35.5. The molecule has 0 aliphatic carbocycles. The van der Waals surface area contributed by atoms with Crippen LogP contribution < -0.4 is 10.6 Å². The number of amides is 2. The molecule has 8 heteroatoms. The van der Waals surface area contributed by atoms with Crippen molar-refractivity contribution in [2.24, 2.45) is 0 Å². The maximum atomic E-state index is 12.2. The zero-order chi connectivity index (χ0) is 15.1. The Bertz CT molecular complexity index is 568. The molecule has 108 valence electrons. The van der Waals surface area contributed by atoms with Crippen LogP contribution in [0.5, 0.6) is 0 Å². The topological polar surface area (TPSA) is 44.4 Å². The van der Waals surface area contributed by atoms with Gasteiger partial charge in [0, 0.05) is 5.02 Å². The number of rotatable bonds is 1. The zero-order valence-corrected chi connectivity index (χ0v) is 13.8. The summed E-state index contributed by atoms with van der Waals surface area (Å²) in [6, 6.07) is 2.63. The molecule has 1 aromatic rings. The van der Waals surface area contributed by atoms with Crippen molar-refractivity contribution in [3.05, 3.63) is 27.2 Å². The van der Waals surface area contributed by atoms with Crippen LogP contribution in [-0.4, -0.2) is 28.1 Å². The lowest BCUT2D eigenvalue weighted by Gasteiger charge is -2.18. The van der Waals surface area contributed by atoms with Crippen LogP contribution in [-0.2, 0) is 0 Å². The van der Waals surface area contributed by atoms with Gasteiger partial charge >= 0.3 is 6.03 Å². The molecule has 0 spiro atoms. The molecule has 20 heavy (non-hydrogen) atoms. The highest BCUT2D eigenvalue weighted by Crippen LogP contribution is 2.34. The molecule has 1 aliphatic rings. The third-order valence-corrected chi connectivity index (χ3v) is 3.86. The molecule has 2 rings (SSSR count). The van der Waals surface area contributed by atoms with E-state index in [1.165, 1.54) is 17.0 Å². The number of nitrogens with zero attached hydrogens (tertiary/aromatic N) is 1. The maximum absolute atomic E-state index is 12.2. The highest BCUT2D eigenvalue weighted by Gasteiger charge is 2.36. The molecule has 0 aromatic heterocycles. The number of carbonyl (C=O) groups excluding carboxylic acids is 1. The Kier molecular flexibility index (Phi) is 4.35. The van der Waals surface area contributed by atoms with Gasteiger partial charge in [-0.2, -0.15) is 0 Å². The summed E-state index contributed by atoms with van der Waals surface area (Å²) < 4.78 is 0. The summed E-state index contributed by atoms with van der Waals surface area (Å²) in [5.41, 5.74) is 0.0531. The molecule has 1 aliphatic heterocycles. The van der Waals surface area contributed by atoms with Crippen LogP contribution in [0.25, 0.3) is 0 Å². The maximum Gasteiger partial charge on any atom is 0.328 e. The fourth-order valence-corrected chi connectivity index (χ4v) is 3.20. The van der Waals surface area contributed by atoms with Gasteiger partial charge in [0.05, 0.1) is 27.8 Å². The normalized spacial score (nSPS) is 17.1. The summed E-state index contributed by atoms with van der Waals surface area (Å²) in [7, 11) is 0. The molecule has 2 amide bonds. The number of thiocarbonyl (C=S) groups is 1. The van der Waals surface area contributed by atoms with E-state index in [9.17, 15) is 4.79 Å². The van der Waals surface area contributed by atoms with E-state index in [0.29, 0.717) is 22.4 Å². The van der Waals surface area contributed by atoms with Crippen molar-refractivity contribution in [3.8, 4) is 0 Å². The molecule has 1 fully saturated rings. The first-order valence-electron chi connectivity index (χ1n) is 5.75. The van der Waals surface area contributed by atoms with E-state index in [-0.39, 0.29) is 21.6 Å². The zero-order valence-electron chi connectivity index (χ0n) is 10.8. The van der Waals surface area contributed by atoms with Crippen molar-refractivity contribution in [1.82, 2.24) is 10.2 Å². The lowest BCUT2D eigenvalue weighted by atomic mass is 10.1. The summed E-state index contributed by atoms with van der Waals surface area (Å²) in [5.74, 6) is 0. The third kappa shape index (κ3) is 3.28. The summed E-state index contributed by atoms with van der Waals surface area (Å²) in [4.78, 5) is 13.7. The van der Waals surface area contributed by atoms with Crippen molar-refractivity contribution in [2.45, 2.75) is 19.4 Å². The Morgan fingerprint density at radius 2 is 1.90 bits per heavy atom. The van der Waals surface area contributed by atoms with Gasteiger partial charge in [0.1, 0.15) is 0 Å². The fourth-order valence-electron chi connectivity index (χ4n) is 1.86. The predicted molar refractivity (Wildman–Crippen MR) is 87.0 cm³/mol. The SMILES string of the molecule is CC1(C)CN(C(=O)Nc2c(Cl)cc(Cl)cc2Cl)C(=S)N1. The van der Waals surface area contributed by atoms with E-state index in [2.05, 4.69) is 10.6 Å². The number of anilines is 1. The standard InChI is InChI=1S/C12H12Cl3N3OS/c1-12(2)5-18(11(20)17-12)10(19)16-9-7(14)3-6(13)4-8(9)15/h3-4H,5H2,1-2H3,(H,16,19)(H,17,20). The smallest absolute Gasteiger partial charge is 0.328 e. The summed E-state index contributed by atoms with van der Waals surface area (Å²) in [6.07, 6.45) is 0. The first-order valence-corrected chi connectivity index (χ1v) is 7.29. The van der Waals surface area contributed by atoms with Gasteiger partial charge in [0.2, 0.25) is 0 Å².